The van der Waals surface area contributed by atoms with Gasteiger partial charge in [-0.1, -0.05) is 69.3 Å². The van der Waals surface area contributed by atoms with Gasteiger partial charge in [0, 0.05) is 31.1 Å². The molecule has 0 aliphatic carbocycles. The summed E-state index contributed by atoms with van der Waals surface area (Å²) < 4.78 is 33.0. The van der Waals surface area contributed by atoms with E-state index in [1.807, 2.05) is 36.4 Å². The molecule has 6 nitrogen and oxygen atoms in total. The lowest BCUT2D eigenvalue weighted by molar-refractivity contribution is -0.140. The van der Waals surface area contributed by atoms with E-state index in [1.54, 1.807) is 5.38 Å². The van der Waals surface area contributed by atoms with Crippen LogP contribution >= 0.6 is 11.3 Å². The number of rotatable bonds is 9. The van der Waals surface area contributed by atoms with Crippen LogP contribution in [0.1, 0.15) is 49.4 Å². The SMILES string of the molecule is COC(=O)CCc1cccc(CN(Cc2ccc(C(C)(C)C)cc2)S(=O)(=O)c2nccs2)c1. The maximum Gasteiger partial charge on any atom is 0.305 e. The van der Waals surface area contributed by atoms with Gasteiger partial charge in [-0.15, -0.1) is 11.3 Å². The van der Waals surface area contributed by atoms with Gasteiger partial charge in [-0.2, -0.15) is 4.31 Å². The van der Waals surface area contributed by atoms with Crippen molar-refractivity contribution in [2.45, 2.75) is 56.5 Å². The molecule has 33 heavy (non-hydrogen) atoms. The van der Waals surface area contributed by atoms with Crippen LogP contribution in [0.5, 0.6) is 0 Å². The molecule has 0 fully saturated rings. The summed E-state index contributed by atoms with van der Waals surface area (Å²) in [6.07, 6.45) is 2.32. The molecule has 8 heteroatoms. The number of esters is 1. The number of thiazole rings is 1. The van der Waals surface area contributed by atoms with Crippen molar-refractivity contribution in [1.29, 1.82) is 0 Å². The van der Waals surface area contributed by atoms with Crippen molar-refractivity contribution in [1.82, 2.24) is 9.29 Å². The van der Waals surface area contributed by atoms with Crippen molar-refractivity contribution < 1.29 is 17.9 Å². The molecule has 0 saturated heterocycles. The van der Waals surface area contributed by atoms with Gasteiger partial charge in [0.05, 0.1) is 7.11 Å². The molecule has 3 rings (SSSR count). The summed E-state index contributed by atoms with van der Waals surface area (Å²) in [5.41, 5.74) is 3.93. The Hall–Kier alpha value is -2.55. The number of aromatic nitrogens is 1. The minimum absolute atomic E-state index is 0.0236. The average Bonchev–Trinajstić information content (AvgIpc) is 3.33. The molecule has 0 aliphatic rings. The Labute approximate surface area is 200 Å². The third-order valence-corrected chi connectivity index (χ3v) is 8.32. The number of nitrogens with zero attached hydrogens (tertiary/aromatic N) is 2. The van der Waals surface area contributed by atoms with Gasteiger partial charge in [-0.3, -0.25) is 4.79 Å². The summed E-state index contributed by atoms with van der Waals surface area (Å²) in [5, 5.41) is 1.66. The first-order valence-electron chi connectivity index (χ1n) is 10.7. The second-order valence-corrected chi connectivity index (χ2v) is 11.9. The first-order valence-corrected chi connectivity index (χ1v) is 13.1. The van der Waals surface area contributed by atoms with Crippen LogP contribution in [0.15, 0.2) is 64.4 Å². The van der Waals surface area contributed by atoms with Crippen LogP contribution < -0.4 is 0 Å². The van der Waals surface area contributed by atoms with Crippen LogP contribution in [0.4, 0.5) is 0 Å². The van der Waals surface area contributed by atoms with Gasteiger partial charge in [-0.05, 0) is 34.1 Å². The lowest BCUT2D eigenvalue weighted by Gasteiger charge is -2.23. The van der Waals surface area contributed by atoms with Crippen molar-refractivity contribution in [3.8, 4) is 0 Å². The minimum atomic E-state index is -3.77. The zero-order valence-corrected chi connectivity index (χ0v) is 21.1. The topological polar surface area (TPSA) is 76.6 Å². The molecule has 0 N–H and O–H groups in total. The number of carbonyl (C=O) groups is 1. The van der Waals surface area contributed by atoms with E-state index in [-0.39, 0.29) is 35.2 Å². The molecule has 0 bridgehead atoms. The van der Waals surface area contributed by atoms with Gasteiger partial charge in [0.25, 0.3) is 10.0 Å². The smallest absolute Gasteiger partial charge is 0.305 e. The van der Waals surface area contributed by atoms with Gasteiger partial charge in [-0.25, -0.2) is 13.4 Å². The zero-order valence-electron chi connectivity index (χ0n) is 19.4. The van der Waals surface area contributed by atoms with Gasteiger partial charge in [0.2, 0.25) is 4.34 Å². The van der Waals surface area contributed by atoms with Crippen LogP contribution in [-0.4, -0.2) is 30.8 Å². The molecular weight excluding hydrogens is 456 g/mol. The third kappa shape index (κ3) is 6.72. The number of hydrogen-bond donors (Lipinski definition) is 0. The molecule has 3 aromatic rings. The summed E-state index contributed by atoms with van der Waals surface area (Å²) in [6.45, 7) is 6.88. The Morgan fingerprint density at radius 3 is 2.30 bits per heavy atom. The Morgan fingerprint density at radius 1 is 1.03 bits per heavy atom. The summed E-state index contributed by atoms with van der Waals surface area (Å²) in [4.78, 5) is 15.5. The van der Waals surface area contributed by atoms with Crippen molar-refractivity contribution >= 4 is 27.3 Å². The molecule has 1 aromatic heterocycles. The standard InChI is InChI=1S/C25H30N2O4S2/c1-25(2,3)22-11-8-20(9-12-22)17-27(33(29,30)24-26-14-15-32-24)18-21-7-5-6-19(16-21)10-13-23(28)31-4/h5-9,11-12,14-16H,10,13,17-18H2,1-4H3. The highest BCUT2D eigenvalue weighted by molar-refractivity contribution is 7.91. The number of hydrogen-bond acceptors (Lipinski definition) is 6. The third-order valence-electron chi connectivity index (χ3n) is 5.34. The summed E-state index contributed by atoms with van der Waals surface area (Å²) in [5.74, 6) is -0.271. The van der Waals surface area contributed by atoms with Crippen molar-refractivity contribution in [2.24, 2.45) is 0 Å². The maximum atomic E-state index is 13.4. The predicted octanol–water partition coefficient (Wildman–Crippen LogP) is 4.94. The first-order chi connectivity index (χ1) is 15.6. The highest BCUT2D eigenvalue weighted by atomic mass is 32.2. The van der Waals surface area contributed by atoms with Crippen molar-refractivity contribution in [3.05, 3.63) is 82.4 Å². The van der Waals surface area contributed by atoms with Crippen LogP contribution in [0, 0.1) is 0 Å². The van der Waals surface area contributed by atoms with Crippen LogP contribution in [0.3, 0.4) is 0 Å². The van der Waals surface area contributed by atoms with E-state index in [9.17, 15) is 13.2 Å². The number of carbonyl (C=O) groups excluding carboxylic acids is 1. The summed E-state index contributed by atoms with van der Waals surface area (Å²) >= 11 is 1.11. The van der Waals surface area contributed by atoms with Gasteiger partial charge in [0.1, 0.15) is 0 Å². The van der Waals surface area contributed by atoms with Gasteiger partial charge >= 0.3 is 5.97 Å². The quantitative estimate of drug-likeness (QED) is 0.401. The monoisotopic (exact) mass is 486 g/mol. The molecule has 1 heterocycles. The fraction of sp³-hybridized carbons (Fsp3) is 0.360. The van der Waals surface area contributed by atoms with Crippen LogP contribution in [-0.2, 0) is 44.5 Å². The second kappa shape index (κ2) is 10.6. The molecule has 0 spiro atoms. The highest BCUT2D eigenvalue weighted by Gasteiger charge is 2.27. The van der Waals surface area contributed by atoms with E-state index >= 15 is 0 Å². The zero-order chi connectivity index (χ0) is 24.1. The lowest BCUT2D eigenvalue weighted by Crippen LogP contribution is -2.30. The minimum Gasteiger partial charge on any atom is -0.469 e. The van der Waals surface area contributed by atoms with Crippen molar-refractivity contribution in [2.75, 3.05) is 7.11 Å². The summed E-state index contributed by atoms with van der Waals surface area (Å²) in [7, 11) is -2.40. The molecule has 176 valence electrons. The highest BCUT2D eigenvalue weighted by Crippen LogP contribution is 2.26. The first kappa shape index (κ1) is 25.1. The molecule has 0 atom stereocenters. The molecule has 0 radical (unpaired) electrons. The van der Waals surface area contributed by atoms with Crippen molar-refractivity contribution in [3.63, 3.8) is 0 Å². The fourth-order valence-electron chi connectivity index (χ4n) is 3.42. The maximum absolute atomic E-state index is 13.4. The van der Waals surface area contributed by atoms with E-state index in [0.717, 1.165) is 28.0 Å². The second-order valence-electron chi connectivity index (χ2n) is 8.91. The number of benzene rings is 2. The molecule has 0 aliphatic heterocycles. The normalized spacial score (nSPS) is 12.2. The lowest BCUT2D eigenvalue weighted by atomic mass is 9.87. The predicted molar refractivity (Wildman–Crippen MR) is 130 cm³/mol. The van der Waals surface area contributed by atoms with Gasteiger partial charge < -0.3 is 4.74 Å². The number of sulfonamides is 1. The Balaban J connectivity index is 1.86. The molecule has 2 aromatic carbocycles. The Morgan fingerprint density at radius 2 is 1.70 bits per heavy atom. The van der Waals surface area contributed by atoms with E-state index in [1.165, 1.54) is 23.2 Å². The number of aryl methyl sites for hydroxylation is 1. The fourth-order valence-corrected chi connectivity index (χ4v) is 5.81. The average molecular weight is 487 g/mol. The molecule has 0 saturated carbocycles. The van der Waals surface area contributed by atoms with Crippen LogP contribution in [0.2, 0.25) is 0 Å². The molecule has 0 amide bonds. The number of ether oxygens (including phenoxy) is 1. The Bertz CT molecular complexity index is 1170. The van der Waals surface area contributed by atoms with E-state index < -0.39 is 10.0 Å². The molecular formula is C25H30N2O4S2. The molecule has 0 unspecified atom stereocenters. The largest absolute Gasteiger partial charge is 0.469 e. The van der Waals surface area contributed by atoms with Gasteiger partial charge in [0.15, 0.2) is 0 Å². The Kier molecular flexibility index (Phi) is 8.05. The number of methoxy groups -OCH3 is 1. The van der Waals surface area contributed by atoms with E-state index in [4.69, 9.17) is 4.74 Å². The van der Waals surface area contributed by atoms with E-state index in [2.05, 4.69) is 37.9 Å². The van der Waals surface area contributed by atoms with E-state index in [0.29, 0.717) is 6.42 Å². The summed E-state index contributed by atoms with van der Waals surface area (Å²) in [6, 6.07) is 15.7. The van der Waals surface area contributed by atoms with Crippen LogP contribution in [0.25, 0.3) is 0 Å².